The van der Waals surface area contributed by atoms with E-state index in [0.29, 0.717) is 5.56 Å². The van der Waals surface area contributed by atoms with E-state index in [4.69, 9.17) is 0 Å². The van der Waals surface area contributed by atoms with Gasteiger partial charge in [-0.25, -0.2) is 4.99 Å². The molecule has 2 aromatic carbocycles. The molecule has 0 saturated carbocycles. The molecule has 0 aromatic heterocycles. The number of hydrogen-bond donors (Lipinski definition) is 0. The predicted molar refractivity (Wildman–Crippen MR) is 63.8 cm³/mol. The van der Waals surface area contributed by atoms with Gasteiger partial charge in [-0.2, -0.15) is 0 Å². The zero-order chi connectivity index (χ0) is 11.0. The standard InChI is InChI=1S/C14H9NO/c16-14-13-8-11(6-7-12(13)9-15-14)10-4-2-1-3-5-10/h1-9H. The van der Waals surface area contributed by atoms with Crippen LogP contribution in [0.15, 0.2) is 53.5 Å². The summed E-state index contributed by atoms with van der Waals surface area (Å²) in [6, 6.07) is 15.9. The predicted octanol–water partition coefficient (Wildman–Crippen LogP) is 2.93. The van der Waals surface area contributed by atoms with Gasteiger partial charge < -0.3 is 0 Å². The molecular formula is C14H9NO. The Bertz CT molecular complexity index is 585. The van der Waals surface area contributed by atoms with Gasteiger partial charge in [-0.1, -0.05) is 42.5 Å². The molecule has 1 amide bonds. The van der Waals surface area contributed by atoms with Crippen LogP contribution in [0.5, 0.6) is 0 Å². The van der Waals surface area contributed by atoms with Gasteiger partial charge in [0.2, 0.25) is 0 Å². The molecule has 2 nitrogen and oxygen atoms in total. The van der Waals surface area contributed by atoms with Gasteiger partial charge in [0.1, 0.15) is 0 Å². The second-order valence-electron chi connectivity index (χ2n) is 3.73. The van der Waals surface area contributed by atoms with Crippen LogP contribution in [0.2, 0.25) is 0 Å². The smallest absolute Gasteiger partial charge is 0.267 e. The molecule has 0 aliphatic carbocycles. The molecule has 0 fully saturated rings. The lowest BCUT2D eigenvalue weighted by Gasteiger charge is -2.03. The summed E-state index contributed by atoms with van der Waals surface area (Å²) in [5.74, 6) is -0.146. The van der Waals surface area contributed by atoms with Gasteiger partial charge >= 0.3 is 0 Å². The summed E-state index contributed by atoms with van der Waals surface area (Å²) in [6.07, 6.45) is 1.62. The summed E-state index contributed by atoms with van der Waals surface area (Å²) < 4.78 is 0. The summed E-state index contributed by atoms with van der Waals surface area (Å²) in [7, 11) is 0. The third kappa shape index (κ3) is 1.36. The normalized spacial score (nSPS) is 12.9. The second-order valence-corrected chi connectivity index (χ2v) is 3.73. The topological polar surface area (TPSA) is 29.4 Å². The molecule has 0 N–H and O–H groups in total. The number of aliphatic imine (C=N–C) groups is 1. The summed E-state index contributed by atoms with van der Waals surface area (Å²) in [5.41, 5.74) is 3.77. The first-order valence-corrected chi connectivity index (χ1v) is 5.12. The van der Waals surface area contributed by atoms with Crippen LogP contribution < -0.4 is 0 Å². The van der Waals surface area contributed by atoms with Crippen molar-refractivity contribution in [2.45, 2.75) is 0 Å². The van der Waals surface area contributed by atoms with E-state index in [1.165, 1.54) is 0 Å². The highest BCUT2D eigenvalue weighted by Crippen LogP contribution is 2.24. The molecule has 2 aromatic rings. The fourth-order valence-corrected chi connectivity index (χ4v) is 1.86. The van der Waals surface area contributed by atoms with Crippen LogP contribution in [-0.2, 0) is 0 Å². The third-order valence-electron chi connectivity index (χ3n) is 2.71. The maximum absolute atomic E-state index is 11.5. The molecule has 0 unspecified atom stereocenters. The highest BCUT2D eigenvalue weighted by atomic mass is 16.1. The molecule has 0 bridgehead atoms. The van der Waals surface area contributed by atoms with Crippen molar-refractivity contribution in [1.82, 2.24) is 0 Å². The Kier molecular flexibility index (Phi) is 1.93. The van der Waals surface area contributed by atoms with E-state index < -0.39 is 0 Å². The first-order valence-electron chi connectivity index (χ1n) is 5.12. The Labute approximate surface area is 93.3 Å². The van der Waals surface area contributed by atoms with Crippen molar-refractivity contribution >= 4 is 12.1 Å². The van der Waals surface area contributed by atoms with Crippen molar-refractivity contribution in [3.8, 4) is 11.1 Å². The van der Waals surface area contributed by atoms with Crippen molar-refractivity contribution in [2.24, 2.45) is 4.99 Å². The minimum absolute atomic E-state index is 0.146. The zero-order valence-corrected chi connectivity index (χ0v) is 8.55. The summed E-state index contributed by atoms with van der Waals surface area (Å²) in [5, 5.41) is 0. The van der Waals surface area contributed by atoms with Crippen LogP contribution in [0.1, 0.15) is 15.9 Å². The Hall–Kier alpha value is -2.22. The molecule has 16 heavy (non-hydrogen) atoms. The molecule has 1 heterocycles. The maximum Gasteiger partial charge on any atom is 0.277 e. The lowest BCUT2D eigenvalue weighted by atomic mass is 10.0. The van der Waals surface area contributed by atoms with E-state index in [9.17, 15) is 4.79 Å². The van der Waals surface area contributed by atoms with E-state index in [1.54, 1.807) is 6.21 Å². The fraction of sp³-hybridized carbons (Fsp3) is 0. The lowest BCUT2D eigenvalue weighted by molar-refractivity contribution is 0.101. The number of carbonyl (C=O) groups excluding carboxylic acids is 1. The van der Waals surface area contributed by atoms with Gasteiger partial charge in [-0.05, 0) is 17.2 Å². The molecule has 0 atom stereocenters. The highest BCUT2D eigenvalue weighted by molar-refractivity contribution is 6.13. The van der Waals surface area contributed by atoms with E-state index in [2.05, 4.69) is 4.99 Å². The van der Waals surface area contributed by atoms with Crippen molar-refractivity contribution < 1.29 is 4.79 Å². The fourth-order valence-electron chi connectivity index (χ4n) is 1.86. The van der Waals surface area contributed by atoms with E-state index >= 15 is 0 Å². The van der Waals surface area contributed by atoms with Crippen LogP contribution in [0.3, 0.4) is 0 Å². The van der Waals surface area contributed by atoms with Gasteiger partial charge in [0.05, 0.1) is 5.56 Å². The average Bonchev–Trinajstić information content (AvgIpc) is 2.72. The van der Waals surface area contributed by atoms with Gasteiger partial charge in [0.25, 0.3) is 5.91 Å². The summed E-state index contributed by atoms with van der Waals surface area (Å²) >= 11 is 0. The lowest BCUT2D eigenvalue weighted by Crippen LogP contribution is -1.92. The van der Waals surface area contributed by atoms with Gasteiger partial charge in [0, 0.05) is 11.8 Å². The minimum atomic E-state index is -0.146. The molecule has 3 rings (SSSR count). The number of fused-ring (bicyclic) bond motifs is 1. The first kappa shape index (κ1) is 9.04. The maximum atomic E-state index is 11.5. The highest BCUT2D eigenvalue weighted by Gasteiger charge is 2.15. The van der Waals surface area contributed by atoms with Crippen molar-refractivity contribution in [3.05, 3.63) is 59.7 Å². The van der Waals surface area contributed by atoms with E-state index in [0.717, 1.165) is 16.7 Å². The number of rotatable bonds is 1. The van der Waals surface area contributed by atoms with Crippen LogP contribution >= 0.6 is 0 Å². The Balaban J connectivity index is 2.13. The zero-order valence-electron chi connectivity index (χ0n) is 8.55. The Morgan fingerprint density at radius 3 is 2.50 bits per heavy atom. The van der Waals surface area contributed by atoms with Crippen LogP contribution in [0, 0.1) is 0 Å². The number of hydrogen-bond acceptors (Lipinski definition) is 1. The van der Waals surface area contributed by atoms with Crippen LogP contribution in [0.25, 0.3) is 11.1 Å². The van der Waals surface area contributed by atoms with Crippen molar-refractivity contribution in [3.63, 3.8) is 0 Å². The quantitative estimate of drug-likeness (QED) is 0.707. The number of amides is 1. The van der Waals surface area contributed by atoms with Crippen molar-refractivity contribution in [2.75, 3.05) is 0 Å². The minimum Gasteiger partial charge on any atom is -0.267 e. The third-order valence-corrected chi connectivity index (χ3v) is 2.71. The number of benzene rings is 2. The molecule has 1 aliphatic heterocycles. The van der Waals surface area contributed by atoms with Crippen LogP contribution in [0.4, 0.5) is 0 Å². The number of nitrogens with zero attached hydrogens (tertiary/aromatic N) is 1. The molecular weight excluding hydrogens is 198 g/mol. The largest absolute Gasteiger partial charge is 0.277 e. The SMILES string of the molecule is O=C1N=Cc2ccc(-c3ccccc3)cc21. The van der Waals surface area contributed by atoms with Gasteiger partial charge in [-0.15, -0.1) is 0 Å². The molecule has 0 spiro atoms. The molecule has 0 saturated heterocycles. The Morgan fingerprint density at radius 1 is 0.875 bits per heavy atom. The van der Waals surface area contributed by atoms with Gasteiger partial charge in [-0.3, -0.25) is 4.79 Å². The number of carbonyl (C=O) groups is 1. The van der Waals surface area contributed by atoms with E-state index in [1.807, 2.05) is 48.5 Å². The molecule has 0 radical (unpaired) electrons. The van der Waals surface area contributed by atoms with Gasteiger partial charge in [0.15, 0.2) is 0 Å². The van der Waals surface area contributed by atoms with E-state index in [-0.39, 0.29) is 5.91 Å². The van der Waals surface area contributed by atoms with Crippen molar-refractivity contribution in [1.29, 1.82) is 0 Å². The summed E-state index contributed by atoms with van der Waals surface area (Å²) in [4.78, 5) is 15.2. The molecule has 76 valence electrons. The molecule has 2 heteroatoms. The second kappa shape index (κ2) is 3.42. The monoisotopic (exact) mass is 207 g/mol. The molecule has 1 aliphatic rings. The Morgan fingerprint density at radius 2 is 1.69 bits per heavy atom. The first-order chi connectivity index (χ1) is 7.84. The average molecular weight is 207 g/mol. The van der Waals surface area contributed by atoms with Crippen LogP contribution in [-0.4, -0.2) is 12.1 Å². The summed E-state index contributed by atoms with van der Waals surface area (Å²) in [6.45, 7) is 0.